The van der Waals surface area contributed by atoms with E-state index in [0.29, 0.717) is 16.9 Å². The molecule has 0 saturated heterocycles. The van der Waals surface area contributed by atoms with Gasteiger partial charge in [0.15, 0.2) is 0 Å². The highest BCUT2D eigenvalue weighted by Gasteiger charge is 2.21. The molecule has 3 N–H and O–H groups in total. The smallest absolute Gasteiger partial charge is 0.251 e. The van der Waals surface area contributed by atoms with Gasteiger partial charge in [-0.3, -0.25) is 9.52 Å². The second-order valence-corrected chi connectivity index (χ2v) is 9.00. The molecule has 1 aromatic rings. The fraction of sp³-hybridized carbons (Fsp3) is 0.650. The number of anilines is 1. The molecule has 0 heterocycles. The molecule has 0 atom stereocenters. The number of rotatable bonds is 8. The van der Waals surface area contributed by atoms with Gasteiger partial charge in [-0.25, -0.2) is 0 Å². The Morgan fingerprint density at radius 3 is 2.28 bits per heavy atom. The van der Waals surface area contributed by atoms with Gasteiger partial charge in [-0.1, -0.05) is 25.8 Å². The summed E-state index contributed by atoms with van der Waals surface area (Å²) in [6.45, 7) is 9.41. The highest BCUT2D eigenvalue weighted by molar-refractivity contribution is 7.98. The van der Waals surface area contributed by atoms with Crippen LogP contribution in [-0.4, -0.2) is 29.8 Å². The third kappa shape index (κ3) is 7.28. The number of carbonyl (C=O) groups is 1. The zero-order valence-electron chi connectivity index (χ0n) is 16.0. The maximum absolute atomic E-state index is 12.0. The first-order chi connectivity index (χ1) is 11.9. The fourth-order valence-corrected chi connectivity index (χ4v) is 3.76. The molecule has 1 fully saturated rings. The molecule has 0 aliphatic heterocycles. The van der Waals surface area contributed by atoms with Crippen molar-refractivity contribution < 1.29 is 4.79 Å². The van der Waals surface area contributed by atoms with Crippen molar-refractivity contribution in [3.05, 3.63) is 29.8 Å². The molecule has 0 radical (unpaired) electrons. The summed E-state index contributed by atoms with van der Waals surface area (Å²) in [5.74, 6) is 0.734. The summed E-state index contributed by atoms with van der Waals surface area (Å²) in [4.78, 5) is 12.0. The van der Waals surface area contributed by atoms with Crippen molar-refractivity contribution in [2.75, 3.05) is 11.9 Å². The SMILES string of the molecule is CC(C)NC(=O)c1ccc(NCC2CCC(NSC(C)C)CC2)cc1. The monoisotopic (exact) mass is 363 g/mol. The Bertz CT molecular complexity index is 522. The van der Waals surface area contributed by atoms with Crippen LogP contribution >= 0.6 is 11.9 Å². The molecule has 1 aliphatic rings. The van der Waals surface area contributed by atoms with Gasteiger partial charge in [0.1, 0.15) is 0 Å². The Hall–Kier alpha value is -1.20. The number of hydrogen-bond donors (Lipinski definition) is 3. The van der Waals surface area contributed by atoms with E-state index in [2.05, 4.69) is 29.2 Å². The van der Waals surface area contributed by atoms with Gasteiger partial charge < -0.3 is 10.6 Å². The quantitative estimate of drug-likeness (QED) is 0.598. The number of hydrogen-bond acceptors (Lipinski definition) is 4. The molecule has 4 nitrogen and oxygen atoms in total. The summed E-state index contributed by atoms with van der Waals surface area (Å²) in [5.41, 5.74) is 1.81. The van der Waals surface area contributed by atoms with Crippen LogP contribution in [0.2, 0.25) is 0 Å². The average molecular weight is 364 g/mol. The van der Waals surface area contributed by atoms with Crippen LogP contribution in [0.25, 0.3) is 0 Å². The van der Waals surface area contributed by atoms with Gasteiger partial charge in [0.25, 0.3) is 5.91 Å². The molecule has 0 spiro atoms. The van der Waals surface area contributed by atoms with E-state index >= 15 is 0 Å². The minimum absolute atomic E-state index is 0.00774. The number of carbonyl (C=O) groups excluding carboxylic acids is 1. The van der Waals surface area contributed by atoms with Crippen LogP contribution in [0, 0.1) is 5.92 Å². The van der Waals surface area contributed by atoms with E-state index in [-0.39, 0.29) is 11.9 Å². The molecule has 0 bridgehead atoms. The molecular weight excluding hydrogens is 330 g/mol. The van der Waals surface area contributed by atoms with Crippen molar-refractivity contribution in [1.29, 1.82) is 0 Å². The van der Waals surface area contributed by atoms with Gasteiger partial charge in [0.2, 0.25) is 0 Å². The van der Waals surface area contributed by atoms with Gasteiger partial charge in [0.05, 0.1) is 0 Å². The Morgan fingerprint density at radius 2 is 1.72 bits per heavy atom. The van der Waals surface area contributed by atoms with Crippen LogP contribution in [0.1, 0.15) is 63.7 Å². The largest absolute Gasteiger partial charge is 0.385 e. The van der Waals surface area contributed by atoms with Crippen molar-refractivity contribution in [3.63, 3.8) is 0 Å². The summed E-state index contributed by atoms with van der Waals surface area (Å²) >= 11 is 1.86. The van der Waals surface area contributed by atoms with Crippen molar-refractivity contribution in [2.24, 2.45) is 5.92 Å². The Kier molecular flexibility index (Phi) is 8.10. The van der Waals surface area contributed by atoms with E-state index in [1.54, 1.807) is 0 Å². The zero-order chi connectivity index (χ0) is 18.2. The summed E-state index contributed by atoms with van der Waals surface area (Å²) in [6, 6.07) is 8.62. The predicted molar refractivity (Wildman–Crippen MR) is 109 cm³/mol. The molecule has 5 heteroatoms. The molecule has 140 valence electrons. The Morgan fingerprint density at radius 1 is 1.08 bits per heavy atom. The number of amides is 1. The maximum atomic E-state index is 12.0. The lowest BCUT2D eigenvalue weighted by molar-refractivity contribution is 0.0943. The number of benzene rings is 1. The summed E-state index contributed by atoms with van der Waals surface area (Å²) in [6.07, 6.45) is 5.08. The molecule has 1 aliphatic carbocycles. The van der Waals surface area contributed by atoms with Crippen molar-refractivity contribution in [3.8, 4) is 0 Å². The minimum Gasteiger partial charge on any atom is -0.385 e. The predicted octanol–water partition coefficient (Wildman–Crippen LogP) is 4.44. The van der Waals surface area contributed by atoms with Crippen LogP contribution < -0.4 is 15.4 Å². The van der Waals surface area contributed by atoms with Crippen LogP contribution in [0.15, 0.2) is 24.3 Å². The Balaban J connectivity index is 1.71. The van der Waals surface area contributed by atoms with Crippen LogP contribution in [0.5, 0.6) is 0 Å². The fourth-order valence-electron chi connectivity index (χ4n) is 3.06. The van der Waals surface area contributed by atoms with Crippen LogP contribution in [0.3, 0.4) is 0 Å². The standard InChI is InChI=1S/C20H33N3OS/c1-14(2)22-20(24)17-7-11-18(12-8-17)21-13-16-5-9-19(10-6-16)23-25-15(3)4/h7-8,11-12,14-16,19,21,23H,5-6,9-10,13H2,1-4H3,(H,22,24). The van der Waals surface area contributed by atoms with Gasteiger partial charge >= 0.3 is 0 Å². The van der Waals surface area contributed by atoms with Gasteiger partial charge in [-0.15, -0.1) is 0 Å². The zero-order valence-corrected chi connectivity index (χ0v) is 16.8. The van der Waals surface area contributed by atoms with Gasteiger partial charge in [-0.2, -0.15) is 0 Å². The molecule has 0 aromatic heterocycles. The molecule has 1 amide bonds. The van der Waals surface area contributed by atoms with E-state index in [1.165, 1.54) is 25.7 Å². The minimum atomic E-state index is -0.00774. The van der Waals surface area contributed by atoms with Gasteiger partial charge in [0, 0.05) is 35.1 Å². The molecule has 2 rings (SSSR count). The number of nitrogens with one attached hydrogen (secondary N) is 3. The Labute approximate surface area is 157 Å². The summed E-state index contributed by atoms with van der Waals surface area (Å²) < 4.78 is 3.60. The lowest BCUT2D eigenvalue weighted by Gasteiger charge is -2.29. The van der Waals surface area contributed by atoms with E-state index in [0.717, 1.165) is 18.2 Å². The van der Waals surface area contributed by atoms with E-state index in [4.69, 9.17) is 0 Å². The first kappa shape index (κ1) is 20.1. The first-order valence-electron chi connectivity index (χ1n) is 9.50. The average Bonchev–Trinajstić information content (AvgIpc) is 2.59. The van der Waals surface area contributed by atoms with E-state index in [9.17, 15) is 4.79 Å². The van der Waals surface area contributed by atoms with Crippen molar-refractivity contribution in [2.45, 2.75) is 70.7 Å². The second-order valence-electron chi connectivity index (χ2n) is 7.59. The van der Waals surface area contributed by atoms with Crippen LogP contribution in [-0.2, 0) is 0 Å². The molecule has 25 heavy (non-hydrogen) atoms. The molecule has 1 aromatic carbocycles. The van der Waals surface area contributed by atoms with E-state index in [1.807, 2.05) is 50.1 Å². The lowest BCUT2D eigenvalue weighted by Crippen LogP contribution is -2.31. The first-order valence-corrected chi connectivity index (χ1v) is 10.4. The highest BCUT2D eigenvalue weighted by atomic mass is 32.2. The van der Waals surface area contributed by atoms with Crippen molar-refractivity contribution in [1.82, 2.24) is 10.0 Å². The molecule has 1 saturated carbocycles. The third-order valence-electron chi connectivity index (χ3n) is 4.48. The summed E-state index contributed by atoms with van der Waals surface area (Å²) in [7, 11) is 0. The third-order valence-corrected chi connectivity index (χ3v) is 5.42. The molecular formula is C20H33N3OS. The van der Waals surface area contributed by atoms with Crippen LogP contribution in [0.4, 0.5) is 5.69 Å². The lowest BCUT2D eigenvalue weighted by atomic mass is 9.86. The molecule has 0 unspecified atom stereocenters. The second kappa shape index (κ2) is 10.1. The highest BCUT2D eigenvalue weighted by Crippen LogP contribution is 2.26. The van der Waals surface area contributed by atoms with E-state index < -0.39 is 0 Å². The topological polar surface area (TPSA) is 53.2 Å². The normalized spacial score (nSPS) is 20.7. The summed E-state index contributed by atoms with van der Waals surface area (Å²) in [5, 5.41) is 7.09. The van der Waals surface area contributed by atoms with Gasteiger partial charge in [-0.05, 0) is 69.7 Å². The van der Waals surface area contributed by atoms with Crippen molar-refractivity contribution >= 4 is 23.5 Å². The maximum Gasteiger partial charge on any atom is 0.251 e.